The number of hydrogen-bond acceptors (Lipinski definition) is 3. The van der Waals surface area contributed by atoms with E-state index in [2.05, 4.69) is 4.98 Å². The van der Waals surface area contributed by atoms with Crippen LogP contribution in [0.1, 0.15) is 53.4 Å². The minimum Gasteiger partial charge on any atom is -0.302 e. The maximum atomic E-state index is 13.9. The van der Waals surface area contributed by atoms with E-state index >= 15 is 0 Å². The van der Waals surface area contributed by atoms with E-state index in [9.17, 15) is 9.18 Å². The van der Waals surface area contributed by atoms with Gasteiger partial charge in [-0.1, -0.05) is 12.1 Å². The second kappa shape index (κ2) is 5.22. The maximum Gasteiger partial charge on any atom is 0.131 e. The molecule has 118 valence electrons. The fourth-order valence-electron chi connectivity index (χ4n) is 3.67. The topological polar surface area (TPSA) is 42.9 Å². The summed E-state index contributed by atoms with van der Waals surface area (Å²) in [6.45, 7) is 1.75. The van der Waals surface area contributed by atoms with Crippen LogP contribution in [0.25, 0.3) is 0 Å². The maximum absolute atomic E-state index is 13.9. The molecule has 1 atom stereocenters. The summed E-state index contributed by atoms with van der Waals surface area (Å²) < 4.78 is 13.9. The normalized spacial score (nSPS) is 23.4. The van der Waals surface area contributed by atoms with Crippen molar-refractivity contribution in [3.8, 4) is 0 Å². The summed E-state index contributed by atoms with van der Waals surface area (Å²) in [7, 11) is 0. The number of nitrogens with zero attached hydrogens (tertiary/aromatic N) is 2. The summed E-state index contributed by atoms with van der Waals surface area (Å²) in [6.07, 6.45) is 7.20. The smallest absolute Gasteiger partial charge is 0.131 e. The molecule has 0 N–H and O–H groups in total. The van der Waals surface area contributed by atoms with Crippen LogP contribution in [0.4, 0.5) is 4.39 Å². The zero-order chi connectivity index (χ0) is 16.0. The van der Waals surface area contributed by atoms with Crippen molar-refractivity contribution in [2.75, 3.05) is 0 Å². The Kier molecular flexibility index (Phi) is 3.29. The first-order valence-corrected chi connectivity index (χ1v) is 8.19. The number of carbonyl (C=O) groups is 1. The van der Waals surface area contributed by atoms with E-state index in [1.54, 1.807) is 13.0 Å². The minimum absolute atomic E-state index is 0.255. The molecule has 0 amide bonds. The first-order chi connectivity index (χ1) is 11.1. The molecule has 3 nitrogen and oxygen atoms in total. The van der Waals surface area contributed by atoms with Crippen LogP contribution in [0, 0.1) is 12.7 Å². The summed E-state index contributed by atoms with van der Waals surface area (Å²) in [5, 5.41) is 0. The predicted molar refractivity (Wildman–Crippen MR) is 84.9 cm³/mol. The molecular formula is C19H19FN2O. The Hall–Kier alpha value is -2.10. The summed E-state index contributed by atoms with van der Waals surface area (Å²) >= 11 is 0. The third-order valence-corrected chi connectivity index (χ3v) is 5.26. The van der Waals surface area contributed by atoms with E-state index < -0.39 is 5.41 Å². The molecular weight excluding hydrogens is 291 g/mol. The van der Waals surface area contributed by atoms with Crippen molar-refractivity contribution in [2.24, 2.45) is 0 Å². The van der Waals surface area contributed by atoms with E-state index in [1.807, 2.05) is 12.3 Å². The molecule has 0 bridgehead atoms. The van der Waals surface area contributed by atoms with Crippen molar-refractivity contribution in [3.05, 3.63) is 58.4 Å². The highest BCUT2D eigenvalue weighted by Gasteiger charge is 2.39. The molecule has 4 heteroatoms. The Balaban J connectivity index is 1.74. The molecule has 1 unspecified atom stereocenters. The fourth-order valence-corrected chi connectivity index (χ4v) is 3.67. The lowest BCUT2D eigenvalue weighted by molar-refractivity contribution is -0.113. The highest BCUT2D eigenvalue weighted by molar-refractivity contribution is 5.71. The monoisotopic (exact) mass is 310 g/mol. The summed E-state index contributed by atoms with van der Waals surface area (Å²) in [5.41, 5.74) is 2.79. The molecule has 2 aliphatic carbocycles. The number of halogens is 1. The number of rotatable bonds is 3. The molecule has 0 spiro atoms. The van der Waals surface area contributed by atoms with Gasteiger partial charge in [0.1, 0.15) is 17.9 Å². The first kappa shape index (κ1) is 14.5. The highest BCUT2D eigenvalue weighted by atomic mass is 19.1. The van der Waals surface area contributed by atoms with E-state index in [0.717, 1.165) is 35.4 Å². The van der Waals surface area contributed by atoms with Crippen LogP contribution in [0.2, 0.25) is 0 Å². The molecule has 1 aromatic carbocycles. The van der Waals surface area contributed by atoms with Crippen LogP contribution in [0.3, 0.4) is 0 Å². The van der Waals surface area contributed by atoms with Gasteiger partial charge in [0.25, 0.3) is 0 Å². The lowest BCUT2D eigenvalue weighted by atomic mass is 9.68. The molecule has 0 radical (unpaired) electrons. The van der Waals surface area contributed by atoms with Crippen molar-refractivity contribution < 1.29 is 9.18 Å². The average molecular weight is 310 g/mol. The second-order valence-electron chi connectivity index (χ2n) is 6.84. The first-order valence-electron chi connectivity index (χ1n) is 8.19. The quantitative estimate of drug-likeness (QED) is 0.816. The van der Waals surface area contributed by atoms with Gasteiger partial charge in [-0.05, 0) is 61.8 Å². The van der Waals surface area contributed by atoms with Crippen molar-refractivity contribution >= 4 is 6.29 Å². The third kappa shape index (κ3) is 2.37. The van der Waals surface area contributed by atoms with Crippen LogP contribution in [0.5, 0.6) is 0 Å². The summed E-state index contributed by atoms with van der Waals surface area (Å²) in [4.78, 5) is 21.2. The molecule has 1 heterocycles. The second-order valence-corrected chi connectivity index (χ2v) is 6.84. The largest absolute Gasteiger partial charge is 0.302 e. The van der Waals surface area contributed by atoms with Crippen LogP contribution < -0.4 is 0 Å². The van der Waals surface area contributed by atoms with Gasteiger partial charge < -0.3 is 4.79 Å². The van der Waals surface area contributed by atoms with Crippen molar-refractivity contribution in [1.29, 1.82) is 0 Å². The molecule has 23 heavy (non-hydrogen) atoms. The zero-order valence-corrected chi connectivity index (χ0v) is 13.2. The Morgan fingerprint density at radius 2 is 2.17 bits per heavy atom. The van der Waals surface area contributed by atoms with Crippen LogP contribution in [-0.4, -0.2) is 16.3 Å². The highest BCUT2D eigenvalue weighted by Crippen LogP contribution is 2.41. The molecule has 0 aliphatic heterocycles. The van der Waals surface area contributed by atoms with Gasteiger partial charge in [-0.3, -0.25) is 0 Å². The van der Waals surface area contributed by atoms with E-state index in [1.165, 1.54) is 18.9 Å². The molecule has 1 saturated carbocycles. The van der Waals surface area contributed by atoms with Gasteiger partial charge in [-0.2, -0.15) is 0 Å². The molecule has 4 rings (SSSR count). The van der Waals surface area contributed by atoms with E-state index in [0.29, 0.717) is 24.3 Å². The van der Waals surface area contributed by atoms with Crippen LogP contribution >= 0.6 is 0 Å². The Morgan fingerprint density at radius 1 is 1.35 bits per heavy atom. The van der Waals surface area contributed by atoms with E-state index in [-0.39, 0.29) is 5.82 Å². The summed E-state index contributed by atoms with van der Waals surface area (Å²) in [5.74, 6) is 1.22. The van der Waals surface area contributed by atoms with Crippen molar-refractivity contribution in [3.63, 3.8) is 0 Å². The predicted octanol–water partition coefficient (Wildman–Crippen LogP) is 3.43. The molecule has 2 aliphatic rings. The Labute approximate surface area is 135 Å². The standard InChI is InChI=1S/C19H19FN2O/c1-12-15(3-2-4-16(12)20)19(11-23)8-7-17-14(9-19)10-21-18(22-17)13-5-6-13/h2-4,10-11,13H,5-9H2,1H3. The fraction of sp³-hybridized carbons (Fsp3) is 0.421. The number of fused-ring (bicyclic) bond motifs is 1. The summed E-state index contributed by atoms with van der Waals surface area (Å²) in [6, 6.07) is 5.00. The van der Waals surface area contributed by atoms with Gasteiger partial charge in [0.15, 0.2) is 0 Å². The minimum atomic E-state index is -0.663. The number of aromatic nitrogens is 2. The Morgan fingerprint density at radius 3 is 2.91 bits per heavy atom. The number of carbonyl (C=O) groups excluding carboxylic acids is 1. The van der Waals surface area contributed by atoms with Crippen LogP contribution in [0.15, 0.2) is 24.4 Å². The van der Waals surface area contributed by atoms with Gasteiger partial charge in [-0.15, -0.1) is 0 Å². The van der Waals surface area contributed by atoms with Gasteiger partial charge in [0, 0.05) is 17.8 Å². The number of benzene rings is 1. The number of aldehydes is 1. The van der Waals surface area contributed by atoms with Crippen molar-refractivity contribution in [1.82, 2.24) is 9.97 Å². The van der Waals surface area contributed by atoms with Gasteiger partial charge in [-0.25, -0.2) is 14.4 Å². The molecule has 1 aromatic heterocycles. The van der Waals surface area contributed by atoms with Crippen LogP contribution in [-0.2, 0) is 23.1 Å². The van der Waals surface area contributed by atoms with Gasteiger partial charge in [0.05, 0.1) is 5.41 Å². The number of hydrogen-bond donors (Lipinski definition) is 0. The van der Waals surface area contributed by atoms with E-state index in [4.69, 9.17) is 4.98 Å². The SMILES string of the molecule is Cc1c(F)cccc1C1(C=O)CCc2nc(C3CC3)ncc2C1. The van der Waals surface area contributed by atoms with Gasteiger partial charge in [0.2, 0.25) is 0 Å². The number of aryl methyl sites for hydroxylation is 1. The lowest BCUT2D eigenvalue weighted by Gasteiger charge is -2.34. The zero-order valence-electron chi connectivity index (χ0n) is 13.2. The molecule has 0 saturated heterocycles. The Bertz CT molecular complexity index is 785. The molecule has 1 fully saturated rings. The third-order valence-electron chi connectivity index (χ3n) is 5.26. The van der Waals surface area contributed by atoms with Crippen molar-refractivity contribution in [2.45, 2.75) is 50.4 Å². The average Bonchev–Trinajstić information content (AvgIpc) is 3.41. The molecule has 2 aromatic rings. The lowest BCUT2D eigenvalue weighted by Crippen LogP contribution is -2.36. The van der Waals surface area contributed by atoms with Gasteiger partial charge >= 0.3 is 0 Å².